The van der Waals surface area contributed by atoms with Crippen LogP contribution < -0.4 is 0 Å². The van der Waals surface area contributed by atoms with Crippen molar-refractivity contribution in [2.24, 2.45) is 0 Å². The number of morpholine rings is 1. The van der Waals surface area contributed by atoms with Gasteiger partial charge in [-0.05, 0) is 29.8 Å². The molecule has 0 spiro atoms. The zero-order valence-corrected chi connectivity index (χ0v) is 10.8. The van der Waals surface area contributed by atoms with E-state index in [1.165, 1.54) is 18.4 Å². The Bertz CT molecular complexity index is 580. The van der Waals surface area contributed by atoms with Crippen LogP contribution in [-0.4, -0.2) is 30.5 Å². The van der Waals surface area contributed by atoms with Gasteiger partial charge in [-0.3, -0.25) is 4.79 Å². The summed E-state index contributed by atoms with van der Waals surface area (Å²) in [6, 6.07) is 9.48. The molecule has 1 aromatic heterocycles. The molecule has 0 aliphatic carbocycles. The molecule has 1 atom stereocenters. The Labute approximate surface area is 115 Å². The lowest BCUT2D eigenvalue weighted by atomic mass is 10.1. The molecule has 0 bridgehead atoms. The zero-order valence-electron chi connectivity index (χ0n) is 10.8. The van der Waals surface area contributed by atoms with Crippen molar-refractivity contribution in [1.82, 2.24) is 4.90 Å². The smallest absolute Gasteiger partial charge is 0.289 e. The first-order valence-electron chi connectivity index (χ1n) is 6.44. The van der Waals surface area contributed by atoms with Crippen molar-refractivity contribution >= 4 is 5.91 Å². The third-order valence-corrected chi connectivity index (χ3v) is 3.33. The molecule has 1 aliphatic heterocycles. The van der Waals surface area contributed by atoms with Crippen molar-refractivity contribution in [3.63, 3.8) is 0 Å². The topological polar surface area (TPSA) is 42.7 Å². The van der Waals surface area contributed by atoms with Crippen LogP contribution in [0.5, 0.6) is 0 Å². The number of carbonyl (C=O) groups excluding carboxylic acids is 1. The molecular formula is C15H14FNO3. The van der Waals surface area contributed by atoms with Crippen molar-refractivity contribution in [2.45, 2.75) is 6.10 Å². The number of carbonyl (C=O) groups is 1. The van der Waals surface area contributed by atoms with Crippen LogP contribution in [-0.2, 0) is 4.74 Å². The van der Waals surface area contributed by atoms with E-state index in [2.05, 4.69) is 0 Å². The summed E-state index contributed by atoms with van der Waals surface area (Å²) < 4.78 is 23.7. The predicted molar refractivity (Wildman–Crippen MR) is 69.7 cm³/mol. The van der Waals surface area contributed by atoms with Gasteiger partial charge in [-0.1, -0.05) is 12.1 Å². The largest absolute Gasteiger partial charge is 0.459 e. The van der Waals surface area contributed by atoms with Crippen LogP contribution in [0.15, 0.2) is 47.1 Å². The first-order valence-corrected chi connectivity index (χ1v) is 6.44. The second-order valence-electron chi connectivity index (χ2n) is 4.64. The number of hydrogen-bond acceptors (Lipinski definition) is 3. The number of hydrogen-bond donors (Lipinski definition) is 0. The third-order valence-electron chi connectivity index (χ3n) is 3.33. The molecule has 1 unspecified atom stereocenters. The van der Waals surface area contributed by atoms with Gasteiger partial charge < -0.3 is 14.1 Å². The maximum atomic E-state index is 12.9. The maximum Gasteiger partial charge on any atom is 0.289 e. The summed E-state index contributed by atoms with van der Waals surface area (Å²) in [6.07, 6.45) is 1.24. The van der Waals surface area contributed by atoms with Gasteiger partial charge in [0.05, 0.1) is 19.4 Å². The molecule has 4 nitrogen and oxygen atoms in total. The van der Waals surface area contributed by atoms with Crippen LogP contribution in [0.25, 0.3) is 0 Å². The molecule has 104 valence electrons. The van der Waals surface area contributed by atoms with Gasteiger partial charge in [-0.2, -0.15) is 0 Å². The molecule has 2 heterocycles. The summed E-state index contributed by atoms with van der Waals surface area (Å²) >= 11 is 0. The lowest BCUT2D eigenvalue weighted by Crippen LogP contribution is -2.42. The monoisotopic (exact) mass is 275 g/mol. The Balaban J connectivity index is 1.73. The van der Waals surface area contributed by atoms with E-state index in [1.807, 2.05) is 0 Å². The van der Waals surface area contributed by atoms with E-state index < -0.39 is 0 Å². The van der Waals surface area contributed by atoms with Gasteiger partial charge in [0.25, 0.3) is 5.91 Å². The molecular weight excluding hydrogens is 261 g/mol. The van der Waals surface area contributed by atoms with Crippen LogP contribution in [0.1, 0.15) is 22.2 Å². The van der Waals surface area contributed by atoms with Crippen molar-refractivity contribution in [2.75, 3.05) is 19.7 Å². The molecule has 2 aromatic rings. The van der Waals surface area contributed by atoms with E-state index in [9.17, 15) is 9.18 Å². The lowest BCUT2D eigenvalue weighted by molar-refractivity contribution is -0.0238. The Morgan fingerprint density at radius 3 is 2.75 bits per heavy atom. The number of nitrogens with zero attached hydrogens (tertiary/aromatic N) is 1. The van der Waals surface area contributed by atoms with Gasteiger partial charge >= 0.3 is 0 Å². The number of furan rings is 1. The Morgan fingerprint density at radius 1 is 1.25 bits per heavy atom. The van der Waals surface area contributed by atoms with E-state index in [4.69, 9.17) is 9.15 Å². The Morgan fingerprint density at radius 2 is 2.05 bits per heavy atom. The SMILES string of the molecule is O=C(c1ccco1)N1CCOC(c2ccc(F)cc2)C1. The standard InChI is InChI=1S/C15H14FNO3/c16-12-5-3-11(4-6-12)14-10-17(7-9-20-14)15(18)13-2-1-8-19-13/h1-6,8,14H,7,9-10H2. The van der Waals surface area contributed by atoms with Gasteiger partial charge in [0.1, 0.15) is 11.9 Å². The molecule has 0 N–H and O–H groups in total. The third kappa shape index (κ3) is 2.58. The summed E-state index contributed by atoms with van der Waals surface area (Å²) in [5.74, 6) is -0.108. The Hall–Kier alpha value is -2.14. The summed E-state index contributed by atoms with van der Waals surface area (Å²) in [7, 11) is 0. The van der Waals surface area contributed by atoms with Gasteiger partial charge in [0.15, 0.2) is 5.76 Å². The predicted octanol–water partition coefficient (Wildman–Crippen LogP) is 2.63. The first-order chi connectivity index (χ1) is 9.74. The average molecular weight is 275 g/mol. The summed E-state index contributed by atoms with van der Waals surface area (Å²) in [5, 5.41) is 0. The number of halogens is 1. The fourth-order valence-electron chi connectivity index (χ4n) is 2.27. The molecule has 1 aliphatic rings. The Kier molecular flexibility index (Phi) is 3.52. The summed E-state index contributed by atoms with van der Waals surface area (Å²) in [5.41, 5.74) is 0.864. The van der Waals surface area contributed by atoms with Crippen molar-refractivity contribution in [1.29, 1.82) is 0 Å². The number of benzene rings is 1. The fourth-order valence-corrected chi connectivity index (χ4v) is 2.27. The van der Waals surface area contributed by atoms with E-state index in [1.54, 1.807) is 29.2 Å². The second-order valence-corrected chi connectivity index (χ2v) is 4.64. The lowest BCUT2D eigenvalue weighted by Gasteiger charge is -2.32. The highest BCUT2D eigenvalue weighted by atomic mass is 19.1. The van der Waals surface area contributed by atoms with Crippen LogP contribution >= 0.6 is 0 Å². The molecule has 1 amide bonds. The zero-order chi connectivity index (χ0) is 13.9. The highest BCUT2D eigenvalue weighted by Crippen LogP contribution is 2.23. The van der Waals surface area contributed by atoms with Crippen molar-refractivity contribution in [3.8, 4) is 0 Å². The normalized spacial score (nSPS) is 19.1. The van der Waals surface area contributed by atoms with Crippen molar-refractivity contribution < 1.29 is 18.3 Å². The van der Waals surface area contributed by atoms with E-state index in [0.29, 0.717) is 25.5 Å². The number of ether oxygens (including phenoxy) is 1. The minimum absolute atomic E-state index is 0.148. The van der Waals surface area contributed by atoms with Gasteiger partial charge in [-0.15, -0.1) is 0 Å². The molecule has 1 fully saturated rings. The van der Waals surface area contributed by atoms with Crippen LogP contribution in [0.2, 0.25) is 0 Å². The van der Waals surface area contributed by atoms with Gasteiger partial charge in [0, 0.05) is 6.54 Å². The molecule has 20 heavy (non-hydrogen) atoms. The molecule has 0 saturated carbocycles. The molecule has 1 aromatic carbocycles. The minimum atomic E-state index is -0.284. The molecule has 0 radical (unpaired) electrons. The van der Waals surface area contributed by atoms with Crippen LogP contribution in [0.4, 0.5) is 4.39 Å². The first kappa shape index (κ1) is 12.9. The summed E-state index contributed by atoms with van der Waals surface area (Å²) in [6.45, 7) is 1.41. The maximum absolute atomic E-state index is 12.9. The van der Waals surface area contributed by atoms with Gasteiger partial charge in [0.2, 0.25) is 0 Å². The molecule has 3 rings (SSSR count). The number of rotatable bonds is 2. The van der Waals surface area contributed by atoms with Crippen LogP contribution in [0, 0.1) is 5.82 Å². The van der Waals surface area contributed by atoms with E-state index in [-0.39, 0.29) is 17.8 Å². The fraction of sp³-hybridized carbons (Fsp3) is 0.267. The van der Waals surface area contributed by atoms with E-state index in [0.717, 1.165) is 5.56 Å². The van der Waals surface area contributed by atoms with Gasteiger partial charge in [-0.25, -0.2) is 4.39 Å². The highest BCUT2D eigenvalue weighted by Gasteiger charge is 2.27. The molecule has 5 heteroatoms. The summed E-state index contributed by atoms with van der Waals surface area (Å²) in [4.78, 5) is 13.9. The highest BCUT2D eigenvalue weighted by molar-refractivity contribution is 5.91. The minimum Gasteiger partial charge on any atom is -0.459 e. The van der Waals surface area contributed by atoms with Crippen LogP contribution in [0.3, 0.4) is 0 Å². The van der Waals surface area contributed by atoms with E-state index >= 15 is 0 Å². The molecule has 1 saturated heterocycles. The second kappa shape index (κ2) is 5.46. The number of amides is 1. The quantitative estimate of drug-likeness (QED) is 0.846. The van der Waals surface area contributed by atoms with Crippen molar-refractivity contribution in [3.05, 3.63) is 59.8 Å². The average Bonchev–Trinajstić information content (AvgIpc) is 3.01.